The van der Waals surface area contributed by atoms with E-state index in [4.69, 9.17) is 0 Å². The van der Waals surface area contributed by atoms with Crippen LogP contribution in [0.2, 0.25) is 0 Å². The van der Waals surface area contributed by atoms with E-state index in [0.717, 1.165) is 6.42 Å². The molecular formula is C14H20N4O2S. The largest absolute Gasteiger partial charge is 0.264 e. The van der Waals surface area contributed by atoms with Gasteiger partial charge in [0.15, 0.2) is 0 Å². The standard InChI is InChI=1S/C14H20N4O2S/c1-11(2)9-12(3)18-14(6-8-16-18)17-21(19,20)13-5-4-7-15-10-13/h4-8,10-12,17H,9H2,1-3H3/t12-/m1/s1. The van der Waals surface area contributed by atoms with Crippen molar-refractivity contribution in [2.75, 3.05) is 4.72 Å². The first-order valence-electron chi connectivity index (χ1n) is 6.86. The zero-order chi connectivity index (χ0) is 15.5. The zero-order valence-corrected chi connectivity index (χ0v) is 13.2. The maximum Gasteiger partial charge on any atom is 0.264 e. The summed E-state index contributed by atoms with van der Waals surface area (Å²) in [6.07, 6.45) is 5.37. The van der Waals surface area contributed by atoms with E-state index in [0.29, 0.717) is 11.7 Å². The minimum Gasteiger partial charge on any atom is -0.264 e. The molecule has 0 fully saturated rings. The fourth-order valence-electron chi connectivity index (χ4n) is 2.23. The summed E-state index contributed by atoms with van der Waals surface area (Å²) in [4.78, 5) is 3.97. The first kappa shape index (κ1) is 15.5. The Morgan fingerprint density at radius 1 is 1.24 bits per heavy atom. The van der Waals surface area contributed by atoms with Gasteiger partial charge in [0.25, 0.3) is 10.0 Å². The molecule has 0 bridgehead atoms. The molecule has 0 aliphatic heterocycles. The average Bonchev–Trinajstić information content (AvgIpc) is 2.86. The Morgan fingerprint density at radius 2 is 2.00 bits per heavy atom. The maximum absolute atomic E-state index is 12.3. The van der Waals surface area contributed by atoms with E-state index in [9.17, 15) is 8.42 Å². The Kier molecular flexibility index (Phi) is 4.62. The summed E-state index contributed by atoms with van der Waals surface area (Å²) in [7, 11) is -3.64. The van der Waals surface area contributed by atoms with Crippen LogP contribution in [0, 0.1) is 5.92 Å². The number of hydrogen-bond donors (Lipinski definition) is 1. The number of aromatic nitrogens is 3. The van der Waals surface area contributed by atoms with Gasteiger partial charge in [0, 0.05) is 18.5 Å². The summed E-state index contributed by atoms with van der Waals surface area (Å²) in [5.74, 6) is 0.971. The van der Waals surface area contributed by atoms with E-state index in [1.54, 1.807) is 23.0 Å². The van der Waals surface area contributed by atoms with Crippen LogP contribution in [-0.4, -0.2) is 23.2 Å². The van der Waals surface area contributed by atoms with Crippen LogP contribution in [0.3, 0.4) is 0 Å². The minimum atomic E-state index is -3.64. The van der Waals surface area contributed by atoms with Crippen molar-refractivity contribution in [1.29, 1.82) is 0 Å². The molecule has 2 aromatic heterocycles. The summed E-state index contributed by atoms with van der Waals surface area (Å²) in [6.45, 7) is 6.27. The van der Waals surface area contributed by atoms with E-state index in [2.05, 4.69) is 28.7 Å². The van der Waals surface area contributed by atoms with E-state index < -0.39 is 10.0 Å². The fourth-order valence-corrected chi connectivity index (χ4v) is 3.24. The molecule has 114 valence electrons. The molecule has 0 spiro atoms. The third-order valence-electron chi connectivity index (χ3n) is 3.08. The van der Waals surface area contributed by atoms with Crippen molar-refractivity contribution in [2.24, 2.45) is 5.92 Å². The highest BCUT2D eigenvalue weighted by Gasteiger charge is 2.18. The molecule has 0 saturated heterocycles. The first-order valence-corrected chi connectivity index (χ1v) is 8.35. The number of rotatable bonds is 6. The van der Waals surface area contributed by atoms with Gasteiger partial charge in [-0.25, -0.2) is 13.1 Å². The summed E-state index contributed by atoms with van der Waals surface area (Å²) >= 11 is 0. The molecule has 0 saturated carbocycles. The van der Waals surface area contributed by atoms with Gasteiger partial charge in [0.2, 0.25) is 0 Å². The molecule has 7 heteroatoms. The Balaban J connectivity index is 2.23. The smallest absolute Gasteiger partial charge is 0.264 e. The van der Waals surface area contributed by atoms with E-state index in [1.165, 1.54) is 18.5 Å². The van der Waals surface area contributed by atoms with Gasteiger partial charge < -0.3 is 0 Å². The van der Waals surface area contributed by atoms with Crippen molar-refractivity contribution in [1.82, 2.24) is 14.8 Å². The topological polar surface area (TPSA) is 76.9 Å². The SMILES string of the molecule is CC(C)C[C@@H](C)n1nccc1NS(=O)(=O)c1cccnc1. The highest BCUT2D eigenvalue weighted by Crippen LogP contribution is 2.22. The average molecular weight is 308 g/mol. The van der Waals surface area contributed by atoms with Gasteiger partial charge in [0.05, 0.1) is 12.2 Å². The van der Waals surface area contributed by atoms with Crippen LogP contribution in [0.25, 0.3) is 0 Å². The van der Waals surface area contributed by atoms with Crippen LogP contribution in [-0.2, 0) is 10.0 Å². The Bertz CT molecular complexity index is 680. The molecule has 6 nitrogen and oxygen atoms in total. The summed E-state index contributed by atoms with van der Waals surface area (Å²) < 4.78 is 28.9. The molecule has 0 radical (unpaired) electrons. The molecule has 2 aromatic rings. The highest BCUT2D eigenvalue weighted by atomic mass is 32.2. The summed E-state index contributed by atoms with van der Waals surface area (Å²) in [6, 6.07) is 4.87. The second-order valence-corrected chi connectivity index (χ2v) is 7.12. The Hall–Kier alpha value is -1.89. The van der Waals surface area contributed by atoms with Crippen LogP contribution in [0.5, 0.6) is 0 Å². The van der Waals surface area contributed by atoms with Gasteiger partial charge in [-0.1, -0.05) is 13.8 Å². The van der Waals surface area contributed by atoms with E-state index in [1.807, 2.05) is 6.92 Å². The monoisotopic (exact) mass is 308 g/mol. The van der Waals surface area contributed by atoms with Crippen molar-refractivity contribution < 1.29 is 8.42 Å². The predicted octanol–water partition coefficient (Wildman–Crippen LogP) is 2.69. The minimum absolute atomic E-state index is 0.117. The first-order chi connectivity index (χ1) is 9.90. The van der Waals surface area contributed by atoms with E-state index in [-0.39, 0.29) is 10.9 Å². The van der Waals surface area contributed by atoms with Gasteiger partial charge >= 0.3 is 0 Å². The molecule has 2 heterocycles. The predicted molar refractivity (Wildman–Crippen MR) is 81.4 cm³/mol. The van der Waals surface area contributed by atoms with Gasteiger partial charge in [-0.2, -0.15) is 5.10 Å². The van der Waals surface area contributed by atoms with Gasteiger partial charge in [0.1, 0.15) is 10.7 Å². The Labute approximate surface area is 125 Å². The number of sulfonamides is 1. The molecule has 0 aromatic carbocycles. The van der Waals surface area contributed by atoms with Crippen LogP contribution in [0.15, 0.2) is 41.7 Å². The fraction of sp³-hybridized carbons (Fsp3) is 0.429. The molecule has 0 unspecified atom stereocenters. The van der Waals surface area contributed by atoms with Crippen molar-refractivity contribution in [2.45, 2.75) is 38.1 Å². The number of anilines is 1. The Morgan fingerprint density at radius 3 is 2.62 bits per heavy atom. The summed E-state index contributed by atoms with van der Waals surface area (Å²) in [5, 5.41) is 4.22. The van der Waals surface area contributed by atoms with Crippen LogP contribution in [0.1, 0.15) is 33.2 Å². The molecule has 0 amide bonds. The molecule has 0 aliphatic carbocycles. The lowest BCUT2D eigenvalue weighted by Crippen LogP contribution is -2.19. The third-order valence-corrected chi connectivity index (χ3v) is 4.42. The normalized spacial score (nSPS) is 13.3. The molecular weight excluding hydrogens is 288 g/mol. The lowest BCUT2D eigenvalue weighted by molar-refractivity contribution is 0.402. The second kappa shape index (κ2) is 6.26. The maximum atomic E-state index is 12.3. The lowest BCUT2D eigenvalue weighted by atomic mass is 10.1. The van der Waals surface area contributed by atoms with Gasteiger partial charge in [-0.3, -0.25) is 9.71 Å². The number of hydrogen-bond acceptors (Lipinski definition) is 4. The molecule has 1 atom stereocenters. The molecule has 2 rings (SSSR count). The number of nitrogens with zero attached hydrogens (tertiary/aromatic N) is 3. The number of nitrogens with one attached hydrogen (secondary N) is 1. The molecule has 21 heavy (non-hydrogen) atoms. The third kappa shape index (κ3) is 3.81. The lowest BCUT2D eigenvalue weighted by Gasteiger charge is -2.18. The van der Waals surface area contributed by atoms with Crippen molar-refractivity contribution in [3.8, 4) is 0 Å². The van der Waals surface area contributed by atoms with Crippen molar-refractivity contribution in [3.63, 3.8) is 0 Å². The molecule has 1 N–H and O–H groups in total. The zero-order valence-electron chi connectivity index (χ0n) is 12.4. The summed E-state index contributed by atoms with van der Waals surface area (Å²) in [5.41, 5.74) is 0. The second-order valence-electron chi connectivity index (χ2n) is 5.43. The highest BCUT2D eigenvalue weighted by molar-refractivity contribution is 7.92. The van der Waals surface area contributed by atoms with Crippen LogP contribution >= 0.6 is 0 Å². The van der Waals surface area contributed by atoms with Gasteiger partial charge in [-0.05, 0) is 31.4 Å². The van der Waals surface area contributed by atoms with Crippen molar-refractivity contribution >= 4 is 15.8 Å². The van der Waals surface area contributed by atoms with Crippen molar-refractivity contribution in [3.05, 3.63) is 36.8 Å². The quantitative estimate of drug-likeness (QED) is 0.890. The number of pyridine rings is 1. The molecule has 0 aliphatic rings. The van der Waals surface area contributed by atoms with Gasteiger partial charge in [-0.15, -0.1) is 0 Å². The van der Waals surface area contributed by atoms with Crippen LogP contribution < -0.4 is 4.72 Å². The van der Waals surface area contributed by atoms with Crippen LogP contribution in [0.4, 0.5) is 5.82 Å². The van der Waals surface area contributed by atoms with E-state index >= 15 is 0 Å².